The van der Waals surface area contributed by atoms with Crippen LogP contribution in [0.25, 0.3) is 27.0 Å². The summed E-state index contributed by atoms with van der Waals surface area (Å²) in [4.78, 5) is 10.9. The predicted octanol–water partition coefficient (Wildman–Crippen LogP) is 8.23. The molecule has 0 unspecified atom stereocenters. The van der Waals surface area contributed by atoms with E-state index in [0.717, 1.165) is 18.9 Å². The molecule has 3 saturated carbocycles. The predicted molar refractivity (Wildman–Crippen MR) is 136 cm³/mol. The zero-order valence-corrected chi connectivity index (χ0v) is 20.2. The number of aromatic amines is 1. The van der Waals surface area contributed by atoms with Gasteiger partial charge in [0.15, 0.2) is 17.4 Å². The van der Waals surface area contributed by atoms with E-state index in [9.17, 15) is 8.78 Å². The maximum Gasteiger partial charge on any atom is 0.257 e. The molecule has 0 radical (unpaired) electrons. The fraction of sp³-hybridized carbons (Fsp3) is 0.310. The van der Waals surface area contributed by atoms with E-state index in [2.05, 4.69) is 27.1 Å². The molecule has 3 fully saturated rings. The number of hydrogen-bond acceptors (Lipinski definition) is 3. The Bertz CT molecular complexity index is 1520. The number of hydrogen-bond donors (Lipinski definition) is 2. The molecule has 2 N–H and O–H groups in total. The maximum absolute atomic E-state index is 16.1. The molecule has 2 bridgehead atoms. The molecule has 37 heavy (non-hydrogen) atoms. The molecule has 8 heteroatoms. The Morgan fingerprint density at radius 1 is 1.05 bits per heavy atom. The molecule has 3 aliphatic rings. The number of nitrogens with one attached hydrogen (secondary N) is 2. The Morgan fingerprint density at radius 3 is 2.49 bits per heavy atom. The number of benzene rings is 2. The van der Waals surface area contributed by atoms with Crippen molar-refractivity contribution in [1.82, 2.24) is 9.97 Å². The third kappa shape index (κ3) is 3.99. The summed E-state index contributed by atoms with van der Waals surface area (Å²) in [6.45, 7) is 10.1. The first kappa shape index (κ1) is 23.4. The summed E-state index contributed by atoms with van der Waals surface area (Å²) in [7, 11) is 0. The largest absolute Gasteiger partial charge is 0.465 e. The van der Waals surface area contributed by atoms with E-state index in [0.29, 0.717) is 29.1 Å². The van der Waals surface area contributed by atoms with Crippen LogP contribution in [0.1, 0.15) is 32.6 Å². The molecular formula is C29H25F3N4O. The molecule has 7 rings (SSSR count). The van der Waals surface area contributed by atoms with Crippen molar-refractivity contribution in [1.29, 1.82) is 0 Å². The molecule has 4 aromatic rings. The van der Waals surface area contributed by atoms with Crippen molar-refractivity contribution < 1.29 is 17.9 Å². The molecular weight excluding hydrogens is 477 g/mol. The molecule has 0 saturated heterocycles. The summed E-state index contributed by atoms with van der Waals surface area (Å²) in [6.07, 6.45) is 5.97. The summed E-state index contributed by atoms with van der Waals surface area (Å²) in [6, 6.07) is 10.6. The van der Waals surface area contributed by atoms with Gasteiger partial charge in [-0.25, -0.2) is 23.0 Å². The Labute approximate surface area is 212 Å². The normalized spacial score (nSPS) is 22.7. The summed E-state index contributed by atoms with van der Waals surface area (Å²) in [5.41, 5.74) is 0.292. The van der Waals surface area contributed by atoms with Crippen LogP contribution in [0.5, 0.6) is 11.5 Å². The summed E-state index contributed by atoms with van der Waals surface area (Å²) < 4.78 is 50.6. The molecule has 2 aromatic heterocycles. The molecule has 188 valence electrons. The lowest BCUT2D eigenvalue weighted by Gasteiger charge is -2.47. The zero-order valence-electron chi connectivity index (χ0n) is 20.2. The van der Waals surface area contributed by atoms with Crippen LogP contribution in [0.2, 0.25) is 0 Å². The number of ether oxygens (including phenoxy) is 1. The van der Waals surface area contributed by atoms with E-state index >= 15 is 4.39 Å². The van der Waals surface area contributed by atoms with E-state index < -0.39 is 17.5 Å². The van der Waals surface area contributed by atoms with Gasteiger partial charge in [0.05, 0.1) is 17.8 Å². The van der Waals surface area contributed by atoms with Crippen molar-refractivity contribution >= 4 is 22.4 Å². The average Bonchev–Trinajstić information content (AvgIpc) is 3.33. The fourth-order valence-electron chi connectivity index (χ4n) is 6.13. The number of rotatable bonds is 5. The maximum atomic E-state index is 16.1. The standard InChI is InChI=1S/C29H25F3N4O/c1-15-16-8-10-17(11-9-16)24(15)35-29-23(32)28(37-19-6-4-3-5-7-19)27(33-2)26(36-29)21-14-34-25-20(21)12-18(30)13-22(25)31/h3-7,12-17,24,34H,8-11H2,1H3,(H,35,36)/t15-,16?,17?,24+/m0/s1. The molecule has 0 spiro atoms. The van der Waals surface area contributed by atoms with Crippen molar-refractivity contribution in [3.63, 3.8) is 0 Å². The molecule has 2 heterocycles. The minimum Gasteiger partial charge on any atom is -0.465 e. The van der Waals surface area contributed by atoms with Crippen molar-refractivity contribution in [2.75, 3.05) is 5.32 Å². The third-order valence-corrected chi connectivity index (χ3v) is 8.04. The Morgan fingerprint density at radius 2 is 1.78 bits per heavy atom. The molecule has 2 aromatic carbocycles. The third-order valence-electron chi connectivity index (χ3n) is 8.04. The van der Waals surface area contributed by atoms with E-state index in [1.807, 2.05) is 0 Å². The Balaban J connectivity index is 1.54. The highest BCUT2D eigenvalue weighted by atomic mass is 19.1. The minimum absolute atomic E-state index is 0.0241. The monoisotopic (exact) mass is 502 g/mol. The topological polar surface area (TPSA) is 54.3 Å². The molecule has 3 aliphatic carbocycles. The van der Waals surface area contributed by atoms with Gasteiger partial charge in [-0.05, 0) is 61.6 Å². The second-order valence-corrected chi connectivity index (χ2v) is 10.0. The first-order valence-electron chi connectivity index (χ1n) is 12.5. The number of aromatic nitrogens is 2. The highest BCUT2D eigenvalue weighted by molar-refractivity contribution is 5.99. The molecule has 2 atom stereocenters. The van der Waals surface area contributed by atoms with Gasteiger partial charge in [0.1, 0.15) is 17.4 Å². The number of nitrogens with zero attached hydrogens (tertiary/aromatic N) is 2. The van der Waals surface area contributed by atoms with Crippen LogP contribution in [0, 0.1) is 41.8 Å². The minimum atomic E-state index is -0.765. The van der Waals surface area contributed by atoms with Crippen molar-refractivity contribution in [2.24, 2.45) is 17.8 Å². The van der Waals surface area contributed by atoms with Crippen LogP contribution in [0.3, 0.4) is 0 Å². The number of anilines is 1. The van der Waals surface area contributed by atoms with Crippen LogP contribution < -0.4 is 10.1 Å². The fourth-order valence-corrected chi connectivity index (χ4v) is 6.13. The second kappa shape index (κ2) is 9.15. The van der Waals surface area contributed by atoms with Gasteiger partial charge < -0.3 is 15.0 Å². The smallest absolute Gasteiger partial charge is 0.257 e. The number of halogens is 3. The van der Waals surface area contributed by atoms with E-state index in [-0.39, 0.29) is 39.9 Å². The van der Waals surface area contributed by atoms with Crippen LogP contribution in [-0.4, -0.2) is 16.0 Å². The van der Waals surface area contributed by atoms with Gasteiger partial charge in [-0.15, -0.1) is 0 Å². The quantitative estimate of drug-likeness (QED) is 0.270. The number of H-pyrrole nitrogens is 1. The van der Waals surface area contributed by atoms with Gasteiger partial charge in [-0.1, -0.05) is 25.1 Å². The van der Waals surface area contributed by atoms with Crippen LogP contribution in [0.15, 0.2) is 48.7 Å². The second-order valence-electron chi connectivity index (χ2n) is 10.0. The van der Waals surface area contributed by atoms with Crippen molar-refractivity contribution in [3.05, 3.63) is 77.5 Å². The first-order valence-corrected chi connectivity index (χ1v) is 12.5. The molecule has 0 aliphatic heterocycles. The lowest BCUT2D eigenvalue weighted by Crippen LogP contribution is -2.47. The lowest BCUT2D eigenvalue weighted by molar-refractivity contribution is 0.0926. The van der Waals surface area contributed by atoms with Gasteiger partial charge in [-0.2, -0.15) is 0 Å². The average molecular weight is 503 g/mol. The summed E-state index contributed by atoms with van der Waals surface area (Å²) in [5, 5.41) is 3.56. The highest BCUT2D eigenvalue weighted by Gasteiger charge is 2.42. The molecule has 5 nitrogen and oxygen atoms in total. The summed E-state index contributed by atoms with van der Waals surface area (Å²) >= 11 is 0. The molecule has 0 amide bonds. The SMILES string of the molecule is [C-]#[N+]c1c(-c2c[nH]c3c(F)cc(F)cc23)nc(N[C@H]2C3CCC(CC3)[C@@H]2C)c(F)c1Oc1ccccc1. The Hall–Kier alpha value is -3.99. The van der Waals surface area contributed by atoms with E-state index in [4.69, 9.17) is 11.3 Å². The van der Waals surface area contributed by atoms with Crippen LogP contribution >= 0.6 is 0 Å². The first-order chi connectivity index (χ1) is 17.9. The van der Waals surface area contributed by atoms with E-state index in [1.54, 1.807) is 30.3 Å². The van der Waals surface area contributed by atoms with Gasteiger partial charge in [0, 0.05) is 29.3 Å². The highest BCUT2D eigenvalue weighted by Crippen LogP contribution is 2.49. The van der Waals surface area contributed by atoms with Gasteiger partial charge >= 0.3 is 0 Å². The Kier molecular flexibility index (Phi) is 5.79. The van der Waals surface area contributed by atoms with Crippen molar-refractivity contribution in [2.45, 2.75) is 38.6 Å². The van der Waals surface area contributed by atoms with Gasteiger partial charge in [0.25, 0.3) is 5.69 Å². The van der Waals surface area contributed by atoms with Gasteiger partial charge in [-0.3, -0.25) is 0 Å². The van der Waals surface area contributed by atoms with Crippen LogP contribution in [-0.2, 0) is 0 Å². The van der Waals surface area contributed by atoms with Gasteiger partial charge in [0.2, 0.25) is 0 Å². The zero-order chi connectivity index (χ0) is 25.7. The van der Waals surface area contributed by atoms with Crippen molar-refractivity contribution in [3.8, 4) is 22.8 Å². The number of para-hydroxylation sites is 1. The lowest BCUT2D eigenvalue weighted by atomic mass is 9.62. The van der Waals surface area contributed by atoms with E-state index in [1.165, 1.54) is 25.1 Å². The van der Waals surface area contributed by atoms with Crippen LogP contribution in [0.4, 0.5) is 24.7 Å². The number of fused-ring (bicyclic) bond motifs is 4. The summed E-state index contributed by atoms with van der Waals surface area (Å²) in [5.74, 6) is -0.903. The number of pyridine rings is 1.